The van der Waals surface area contributed by atoms with Crippen LogP contribution in [-0.2, 0) is 28.0 Å². The van der Waals surface area contributed by atoms with E-state index in [2.05, 4.69) is 70.3 Å². The van der Waals surface area contributed by atoms with Crippen LogP contribution in [0.15, 0.2) is 42.5 Å². The third-order valence-corrected chi connectivity index (χ3v) is 12.5. The zero-order valence-corrected chi connectivity index (χ0v) is 31.7. The van der Waals surface area contributed by atoms with Gasteiger partial charge < -0.3 is 15.2 Å². The van der Waals surface area contributed by atoms with Gasteiger partial charge >= 0.3 is 0 Å². The van der Waals surface area contributed by atoms with Crippen molar-refractivity contribution in [2.75, 3.05) is 37.6 Å². The number of amides is 3. The van der Waals surface area contributed by atoms with Crippen LogP contribution in [-0.4, -0.2) is 66.1 Å². The molecule has 2 atom stereocenters. The minimum atomic E-state index is -0.523. The molecule has 10 nitrogen and oxygen atoms in total. The topological polar surface area (TPSA) is 138 Å². The van der Waals surface area contributed by atoms with Crippen LogP contribution in [0.1, 0.15) is 130 Å². The number of aromatic amines is 1. The van der Waals surface area contributed by atoms with E-state index in [1.807, 2.05) is 24.3 Å². The molecule has 10 heteroatoms. The lowest BCUT2D eigenvalue weighted by Crippen LogP contribution is -2.47. The number of hydrogen-bond donors (Lipinski definition) is 3. The number of nitriles is 1. The van der Waals surface area contributed by atoms with Crippen LogP contribution in [0.5, 0.6) is 0 Å². The first-order valence-corrected chi connectivity index (χ1v) is 19.5. The van der Waals surface area contributed by atoms with Crippen molar-refractivity contribution in [3.63, 3.8) is 0 Å². The molecular weight excluding hydrogens is 689 g/mol. The van der Waals surface area contributed by atoms with Crippen LogP contribution in [0.2, 0.25) is 0 Å². The van der Waals surface area contributed by atoms with E-state index < -0.39 is 11.3 Å². The smallest absolute Gasteiger partial charge is 0.252 e. The number of aromatic nitrogens is 1. The molecule has 0 saturated carbocycles. The van der Waals surface area contributed by atoms with Crippen LogP contribution in [0.4, 0.5) is 5.69 Å². The van der Waals surface area contributed by atoms with E-state index in [0.29, 0.717) is 41.6 Å². The quantitative estimate of drug-likeness (QED) is 0.143. The Kier molecular flexibility index (Phi) is 9.35. The van der Waals surface area contributed by atoms with Crippen molar-refractivity contribution in [3.05, 3.63) is 98.2 Å². The van der Waals surface area contributed by atoms with Gasteiger partial charge in [0.25, 0.3) is 5.91 Å². The Morgan fingerprint density at radius 2 is 1.82 bits per heavy atom. The summed E-state index contributed by atoms with van der Waals surface area (Å²) in [7, 11) is 0. The highest BCUT2D eigenvalue weighted by Crippen LogP contribution is 2.46. The summed E-state index contributed by atoms with van der Waals surface area (Å²) in [6.45, 7) is 11.4. The normalized spacial score (nSPS) is 19.6. The van der Waals surface area contributed by atoms with Crippen molar-refractivity contribution >= 4 is 40.1 Å². The summed E-state index contributed by atoms with van der Waals surface area (Å²) in [6, 6.07) is 16.0. The molecule has 2 fully saturated rings. The van der Waals surface area contributed by atoms with Gasteiger partial charge in [-0.2, -0.15) is 5.26 Å². The van der Waals surface area contributed by atoms with Gasteiger partial charge in [-0.3, -0.25) is 29.4 Å². The fourth-order valence-corrected chi connectivity index (χ4v) is 9.50. The maximum Gasteiger partial charge on any atom is 0.252 e. The lowest BCUT2D eigenvalue weighted by Gasteiger charge is -2.39. The van der Waals surface area contributed by atoms with Crippen LogP contribution >= 0.6 is 0 Å². The summed E-state index contributed by atoms with van der Waals surface area (Å²) in [5.74, 6) is 1.67. The monoisotopic (exact) mass is 734 g/mol. The van der Waals surface area contributed by atoms with Gasteiger partial charge in [-0.1, -0.05) is 39.0 Å². The predicted octanol–water partition coefficient (Wildman–Crippen LogP) is 5.95. The summed E-state index contributed by atoms with van der Waals surface area (Å²) >= 11 is 0. The Labute approximate surface area is 321 Å². The van der Waals surface area contributed by atoms with Crippen molar-refractivity contribution < 1.29 is 19.2 Å². The van der Waals surface area contributed by atoms with Gasteiger partial charge in [-0.15, -0.1) is 12.3 Å². The molecule has 0 spiro atoms. The maximum absolute atomic E-state index is 14.1. The fraction of sp³-hybridized carbons (Fsp3) is 0.400. The number of rotatable bonds is 9. The molecule has 280 valence electrons. The van der Waals surface area contributed by atoms with Crippen molar-refractivity contribution in [2.24, 2.45) is 0 Å². The highest BCUT2D eigenvalue weighted by molar-refractivity contribution is 6.20. The first-order valence-electron chi connectivity index (χ1n) is 19.5. The number of nitrogens with one attached hydrogen (secondary N) is 3. The van der Waals surface area contributed by atoms with Crippen molar-refractivity contribution in [2.45, 2.75) is 83.1 Å². The number of terminal acetylenes is 1. The van der Waals surface area contributed by atoms with Crippen LogP contribution in [0.25, 0.3) is 10.9 Å². The van der Waals surface area contributed by atoms with Crippen molar-refractivity contribution in [1.29, 1.82) is 5.26 Å². The number of imide groups is 1. The summed E-state index contributed by atoms with van der Waals surface area (Å²) in [5, 5.41) is 15.7. The van der Waals surface area contributed by atoms with E-state index in [-0.39, 0.29) is 35.8 Å². The van der Waals surface area contributed by atoms with Gasteiger partial charge in [0.15, 0.2) is 5.78 Å². The Bertz CT molecular complexity index is 2370. The first-order chi connectivity index (χ1) is 26.5. The molecule has 3 aliphatic heterocycles. The van der Waals surface area contributed by atoms with Gasteiger partial charge in [0.2, 0.25) is 11.8 Å². The van der Waals surface area contributed by atoms with Crippen molar-refractivity contribution in [3.8, 4) is 18.4 Å². The molecule has 55 heavy (non-hydrogen) atoms. The van der Waals surface area contributed by atoms with Crippen LogP contribution in [0, 0.1) is 23.7 Å². The zero-order chi connectivity index (χ0) is 38.6. The average molecular weight is 735 g/mol. The summed E-state index contributed by atoms with van der Waals surface area (Å²) in [6.07, 6.45) is 9.74. The standard InChI is InChI=1S/C45H46N6O4/c1-5-8-28(29-12-13-30(39-34(29)25-47-44(39)55)31-14-15-38(52)49-43(31)54)9-7-16-50-17-19-51(20-18-50)37-23-35-33(22-27(37)6-2)41(53)40-32-11-10-26(24-46)21-36(32)48-42(40)45(35,3)4/h1,10-13,21-23,28,31,48H,6-9,14-20,25H2,2-4H3,(H,47,55)(H,49,52,54). The SMILES string of the molecule is C#CCC(CCCN1CCN(c2cc3c(cc2CC)C(=O)c2c([nH]c4cc(C#N)ccc24)C3(C)C)CC1)c1ccc(C2CCC(=O)NC2=O)c2c1CNC2=O. The Morgan fingerprint density at radius 1 is 1.02 bits per heavy atom. The van der Waals surface area contributed by atoms with Crippen LogP contribution < -0.4 is 15.5 Å². The number of piperidine rings is 1. The number of nitrogens with zero attached hydrogens (tertiary/aromatic N) is 3. The number of ketones is 1. The number of carbonyl (C=O) groups excluding carboxylic acids is 4. The van der Waals surface area contributed by atoms with Gasteiger partial charge in [0, 0.05) is 84.4 Å². The second-order valence-corrected chi connectivity index (χ2v) is 15.9. The van der Waals surface area contributed by atoms with E-state index in [9.17, 15) is 24.4 Å². The zero-order valence-electron chi connectivity index (χ0n) is 31.7. The van der Waals surface area contributed by atoms with E-state index in [1.165, 1.54) is 11.3 Å². The number of H-pyrrole nitrogens is 1. The van der Waals surface area contributed by atoms with Gasteiger partial charge in [-0.25, -0.2) is 0 Å². The van der Waals surface area contributed by atoms with Gasteiger partial charge in [0.1, 0.15) is 0 Å². The number of fused-ring (bicyclic) bond motifs is 5. The van der Waals surface area contributed by atoms with Gasteiger partial charge in [-0.05, 0) is 90.2 Å². The summed E-state index contributed by atoms with van der Waals surface area (Å²) < 4.78 is 0. The van der Waals surface area contributed by atoms with Crippen LogP contribution in [0.3, 0.4) is 0 Å². The number of piperazine rings is 1. The molecule has 0 radical (unpaired) electrons. The molecule has 2 saturated heterocycles. The Morgan fingerprint density at radius 3 is 2.55 bits per heavy atom. The highest BCUT2D eigenvalue weighted by Gasteiger charge is 2.41. The molecule has 4 aromatic rings. The second kappa shape index (κ2) is 14.2. The van der Waals surface area contributed by atoms with E-state index >= 15 is 0 Å². The largest absolute Gasteiger partial charge is 0.369 e. The maximum atomic E-state index is 14.1. The molecule has 3 amide bonds. The van der Waals surface area contributed by atoms with E-state index in [0.717, 1.165) is 90.8 Å². The Hall–Kier alpha value is -5.71. The molecule has 3 aromatic carbocycles. The number of hydrogen-bond acceptors (Lipinski definition) is 7. The summed E-state index contributed by atoms with van der Waals surface area (Å²) in [5.41, 5.74) is 9.97. The molecule has 3 N–H and O–H groups in total. The number of aryl methyl sites for hydroxylation is 1. The molecule has 1 aliphatic carbocycles. The van der Waals surface area contributed by atoms with Crippen molar-refractivity contribution in [1.82, 2.24) is 20.5 Å². The minimum Gasteiger partial charge on any atom is -0.369 e. The first kappa shape index (κ1) is 36.3. The Balaban J connectivity index is 0.953. The molecule has 4 aliphatic rings. The molecule has 0 bridgehead atoms. The molecule has 4 heterocycles. The van der Waals surface area contributed by atoms with E-state index in [1.54, 1.807) is 6.07 Å². The fourth-order valence-electron chi connectivity index (χ4n) is 9.50. The number of benzene rings is 3. The second-order valence-electron chi connectivity index (χ2n) is 15.9. The molecule has 8 rings (SSSR count). The third kappa shape index (κ3) is 6.19. The molecule has 1 aromatic heterocycles. The van der Waals surface area contributed by atoms with E-state index in [4.69, 9.17) is 6.42 Å². The average Bonchev–Trinajstić information content (AvgIpc) is 3.78. The predicted molar refractivity (Wildman–Crippen MR) is 211 cm³/mol. The third-order valence-electron chi connectivity index (χ3n) is 12.5. The minimum absolute atomic E-state index is 0.0348. The molecular formula is C45H46N6O4. The number of carbonyl (C=O) groups is 4. The van der Waals surface area contributed by atoms with Gasteiger partial charge in [0.05, 0.1) is 23.1 Å². The lowest BCUT2D eigenvalue weighted by molar-refractivity contribution is -0.134. The molecule has 2 unspecified atom stereocenters. The lowest BCUT2D eigenvalue weighted by atomic mass is 9.70. The number of anilines is 1. The highest BCUT2D eigenvalue weighted by atomic mass is 16.2. The summed E-state index contributed by atoms with van der Waals surface area (Å²) in [4.78, 5) is 60.2.